The van der Waals surface area contributed by atoms with Crippen molar-refractivity contribution < 1.29 is 4.79 Å². The molecule has 2 N–H and O–H groups in total. The van der Waals surface area contributed by atoms with Crippen LogP contribution >= 0.6 is 0 Å². The predicted molar refractivity (Wildman–Crippen MR) is 105 cm³/mol. The lowest BCUT2D eigenvalue weighted by Gasteiger charge is -2.16. The SMILES string of the molecule is CCNC(=NCc1ccc(-n2ccnc2)nc1)NCCCN1CCCC1=O. The highest BCUT2D eigenvalue weighted by Crippen LogP contribution is 2.09. The number of pyridine rings is 1. The van der Waals surface area contributed by atoms with E-state index in [1.165, 1.54) is 0 Å². The number of hydrogen-bond donors (Lipinski definition) is 2. The molecule has 0 unspecified atom stereocenters. The lowest BCUT2D eigenvalue weighted by Crippen LogP contribution is -2.39. The highest BCUT2D eigenvalue weighted by atomic mass is 16.2. The molecule has 0 saturated carbocycles. The number of amides is 1. The smallest absolute Gasteiger partial charge is 0.222 e. The Balaban J connectivity index is 1.47. The maximum absolute atomic E-state index is 11.6. The van der Waals surface area contributed by atoms with Gasteiger partial charge in [0, 0.05) is 51.2 Å². The molecular formula is C19H27N7O. The zero-order valence-corrected chi connectivity index (χ0v) is 15.8. The Kier molecular flexibility index (Phi) is 6.78. The van der Waals surface area contributed by atoms with Crippen molar-refractivity contribution in [2.75, 3.05) is 26.2 Å². The first-order valence-electron chi connectivity index (χ1n) is 9.49. The molecule has 0 aliphatic carbocycles. The second-order valence-electron chi connectivity index (χ2n) is 6.45. The number of carbonyl (C=O) groups excluding carboxylic acids is 1. The van der Waals surface area contributed by atoms with Crippen LogP contribution in [0.1, 0.15) is 31.7 Å². The molecule has 8 heteroatoms. The minimum atomic E-state index is 0.280. The molecule has 1 aliphatic heterocycles. The number of aromatic nitrogens is 3. The van der Waals surface area contributed by atoms with Crippen LogP contribution in [0.2, 0.25) is 0 Å². The predicted octanol–water partition coefficient (Wildman–Crippen LogP) is 1.33. The summed E-state index contributed by atoms with van der Waals surface area (Å²) in [5.41, 5.74) is 1.04. The summed E-state index contributed by atoms with van der Waals surface area (Å²) in [7, 11) is 0. The van der Waals surface area contributed by atoms with Gasteiger partial charge in [-0.25, -0.2) is 15.0 Å². The summed E-state index contributed by atoms with van der Waals surface area (Å²) in [5.74, 6) is 1.90. The molecule has 0 radical (unpaired) electrons. The van der Waals surface area contributed by atoms with Gasteiger partial charge in [0.25, 0.3) is 0 Å². The van der Waals surface area contributed by atoms with Gasteiger partial charge in [-0.3, -0.25) is 9.36 Å². The number of nitrogens with zero attached hydrogens (tertiary/aromatic N) is 5. The number of aliphatic imine (C=N–C) groups is 1. The van der Waals surface area contributed by atoms with Gasteiger partial charge in [0.2, 0.25) is 5.91 Å². The first-order chi connectivity index (χ1) is 13.3. The van der Waals surface area contributed by atoms with Gasteiger partial charge in [0.15, 0.2) is 5.96 Å². The molecule has 1 amide bonds. The Hall–Kier alpha value is -2.90. The van der Waals surface area contributed by atoms with E-state index in [1.807, 2.05) is 40.9 Å². The number of likely N-dealkylation sites (tertiary alicyclic amines) is 1. The lowest BCUT2D eigenvalue weighted by molar-refractivity contribution is -0.127. The molecule has 8 nitrogen and oxygen atoms in total. The third-order valence-electron chi connectivity index (χ3n) is 4.41. The van der Waals surface area contributed by atoms with Gasteiger partial charge in [0.1, 0.15) is 12.1 Å². The van der Waals surface area contributed by atoms with Crippen LogP contribution in [0.5, 0.6) is 0 Å². The fourth-order valence-electron chi connectivity index (χ4n) is 2.99. The summed E-state index contributed by atoms with van der Waals surface area (Å²) < 4.78 is 1.86. The van der Waals surface area contributed by atoms with Crippen LogP contribution in [0.15, 0.2) is 42.0 Å². The molecule has 2 aromatic rings. The normalized spacial score (nSPS) is 14.6. The Morgan fingerprint density at radius 3 is 2.93 bits per heavy atom. The van der Waals surface area contributed by atoms with Crippen LogP contribution in [0.4, 0.5) is 0 Å². The van der Waals surface area contributed by atoms with E-state index < -0.39 is 0 Å². The van der Waals surface area contributed by atoms with E-state index in [9.17, 15) is 4.79 Å². The quantitative estimate of drug-likeness (QED) is 0.416. The lowest BCUT2D eigenvalue weighted by atomic mass is 10.3. The highest BCUT2D eigenvalue weighted by Gasteiger charge is 2.18. The second-order valence-corrected chi connectivity index (χ2v) is 6.45. The number of nitrogens with one attached hydrogen (secondary N) is 2. The second kappa shape index (κ2) is 9.70. The average molecular weight is 369 g/mol. The molecule has 3 heterocycles. The maximum atomic E-state index is 11.6. The summed E-state index contributed by atoms with van der Waals surface area (Å²) >= 11 is 0. The van der Waals surface area contributed by atoms with E-state index in [0.717, 1.165) is 56.4 Å². The number of guanidine groups is 1. The molecule has 3 rings (SSSR count). The summed E-state index contributed by atoms with van der Waals surface area (Å²) in [4.78, 5) is 26.7. The van der Waals surface area contributed by atoms with Crippen LogP contribution in [0.25, 0.3) is 5.82 Å². The Morgan fingerprint density at radius 1 is 1.33 bits per heavy atom. The molecular weight excluding hydrogens is 342 g/mol. The van der Waals surface area contributed by atoms with Crippen LogP contribution in [-0.4, -0.2) is 57.5 Å². The van der Waals surface area contributed by atoms with Crippen molar-refractivity contribution in [2.24, 2.45) is 4.99 Å². The third-order valence-corrected chi connectivity index (χ3v) is 4.41. The molecule has 0 atom stereocenters. The van der Waals surface area contributed by atoms with Gasteiger partial charge >= 0.3 is 0 Å². The van der Waals surface area contributed by atoms with Crippen molar-refractivity contribution in [2.45, 2.75) is 32.7 Å². The zero-order valence-electron chi connectivity index (χ0n) is 15.8. The van der Waals surface area contributed by atoms with Crippen LogP contribution < -0.4 is 10.6 Å². The van der Waals surface area contributed by atoms with Crippen LogP contribution in [0, 0.1) is 0 Å². The molecule has 2 aromatic heterocycles. The van der Waals surface area contributed by atoms with Gasteiger partial charge in [-0.15, -0.1) is 0 Å². The fraction of sp³-hybridized carbons (Fsp3) is 0.474. The molecule has 0 aromatic carbocycles. The van der Waals surface area contributed by atoms with Gasteiger partial charge < -0.3 is 15.5 Å². The first-order valence-corrected chi connectivity index (χ1v) is 9.49. The number of rotatable bonds is 8. The molecule has 1 fully saturated rings. The first kappa shape index (κ1) is 18.9. The van der Waals surface area contributed by atoms with Gasteiger partial charge in [-0.05, 0) is 31.4 Å². The van der Waals surface area contributed by atoms with Crippen LogP contribution in [0.3, 0.4) is 0 Å². The summed E-state index contributed by atoms with van der Waals surface area (Å²) in [6, 6.07) is 3.98. The topological polar surface area (TPSA) is 87.4 Å². The average Bonchev–Trinajstić information content (AvgIpc) is 3.36. The van der Waals surface area contributed by atoms with E-state index in [2.05, 4.69) is 25.6 Å². The highest BCUT2D eigenvalue weighted by molar-refractivity contribution is 5.79. The van der Waals surface area contributed by atoms with Crippen molar-refractivity contribution in [1.82, 2.24) is 30.1 Å². The van der Waals surface area contributed by atoms with Crippen molar-refractivity contribution in [3.8, 4) is 5.82 Å². The largest absolute Gasteiger partial charge is 0.357 e. The molecule has 0 bridgehead atoms. The summed E-state index contributed by atoms with van der Waals surface area (Å²) in [6.45, 7) is 5.89. The molecule has 0 spiro atoms. The summed E-state index contributed by atoms with van der Waals surface area (Å²) in [6.07, 6.45) is 9.76. The van der Waals surface area contributed by atoms with Crippen molar-refractivity contribution >= 4 is 11.9 Å². The van der Waals surface area contributed by atoms with Crippen molar-refractivity contribution in [3.05, 3.63) is 42.6 Å². The number of imidazole rings is 1. The summed E-state index contributed by atoms with van der Waals surface area (Å²) in [5, 5.41) is 6.58. The van der Waals surface area contributed by atoms with E-state index in [1.54, 1.807) is 12.5 Å². The van der Waals surface area contributed by atoms with Gasteiger partial charge in [-0.2, -0.15) is 0 Å². The molecule has 1 aliphatic rings. The minimum absolute atomic E-state index is 0.280. The molecule has 1 saturated heterocycles. The molecule has 27 heavy (non-hydrogen) atoms. The fourth-order valence-corrected chi connectivity index (χ4v) is 2.99. The van der Waals surface area contributed by atoms with Gasteiger partial charge in [-0.1, -0.05) is 6.07 Å². The third kappa shape index (κ3) is 5.54. The van der Waals surface area contributed by atoms with E-state index in [0.29, 0.717) is 13.0 Å². The van der Waals surface area contributed by atoms with E-state index in [4.69, 9.17) is 0 Å². The number of hydrogen-bond acceptors (Lipinski definition) is 4. The Morgan fingerprint density at radius 2 is 2.26 bits per heavy atom. The van der Waals surface area contributed by atoms with Crippen molar-refractivity contribution in [3.63, 3.8) is 0 Å². The van der Waals surface area contributed by atoms with Crippen LogP contribution in [-0.2, 0) is 11.3 Å². The van der Waals surface area contributed by atoms with Crippen molar-refractivity contribution in [1.29, 1.82) is 0 Å². The standard InChI is InChI=1S/C19H27N7O/c1-2-21-19(22-8-4-11-25-10-3-5-18(25)27)24-14-16-6-7-17(23-13-16)26-12-9-20-15-26/h6-7,9,12-13,15H,2-5,8,10-11,14H2,1H3,(H2,21,22,24). The van der Waals surface area contributed by atoms with Gasteiger partial charge in [0.05, 0.1) is 6.54 Å². The minimum Gasteiger partial charge on any atom is -0.357 e. The monoisotopic (exact) mass is 369 g/mol. The molecule has 144 valence electrons. The van der Waals surface area contributed by atoms with E-state index >= 15 is 0 Å². The Bertz CT molecular complexity index is 740. The zero-order chi connectivity index (χ0) is 18.9. The van der Waals surface area contributed by atoms with E-state index in [-0.39, 0.29) is 5.91 Å². The number of carbonyl (C=O) groups is 1. The maximum Gasteiger partial charge on any atom is 0.222 e. The Labute approximate surface area is 159 Å².